The largest absolute Gasteiger partial charge is 0.395 e. The fourth-order valence-corrected chi connectivity index (χ4v) is 1.50. The van der Waals surface area contributed by atoms with Gasteiger partial charge in [-0.05, 0) is 23.8 Å². The van der Waals surface area contributed by atoms with Gasteiger partial charge in [0.05, 0.1) is 13.0 Å². The second-order valence-electron chi connectivity index (χ2n) is 2.99. The van der Waals surface area contributed by atoms with Crippen molar-refractivity contribution < 1.29 is 14.3 Å². The van der Waals surface area contributed by atoms with Gasteiger partial charge in [0.25, 0.3) is 0 Å². The summed E-state index contributed by atoms with van der Waals surface area (Å²) >= 11 is 3.23. The molecule has 82 valence electrons. The highest BCUT2D eigenvalue weighted by molar-refractivity contribution is 9.10. The van der Waals surface area contributed by atoms with Gasteiger partial charge in [-0.25, -0.2) is 4.39 Å². The maximum Gasteiger partial charge on any atom is 0.224 e. The third kappa shape index (κ3) is 3.97. The normalized spacial score (nSPS) is 10.1. The highest BCUT2D eigenvalue weighted by atomic mass is 79.9. The standard InChI is InChI=1S/C10H11BrFNO2/c11-9-2-1-8(12)5-7(9)6-10(15)13-3-4-14/h1-2,5,14H,3-4,6H2,(H,13,15). The molecule has 0 spiro atoms. The van der Waals surface area contributed by atoms with E-state index in [1.165, 1.54) is 12.1 Å². The second-order valence-corrected chi connectivity index (χ2v) is 3.84. The van der Waals surface area contributed by atoms with Gasteiger partial charge in [-0.2, -0.15) is 0 Å². The van der Waals surface area contributed by atoms with Crippen LogP contribution in [0.3, 0.4) is 0 Å². The molecular weight excluding hydrogens is 265 g/mol. The first-order valence-corrected chi connectivity index (χ1v) is 5.24. The van der Waals surface area contributed by atoms with Crippen molar-refractivity contribution >= 4 is 21.8 Å². The zero-order chi connectivity index (χ0) is 11.3. The number of aliphatic hydroxyl groups is 1. The van der Waals surface area contributed by atoms with Crippen LogP contribution in [0.2, 0.25) is 0 Å². The minimum atomic E-state index is -0.372. The third-order valence-electron chi connectivity index (χ3n) is 1.79. The average molecular weight is 276 g/mol. The van der Waals surface area contributed by atoms with E-state index in [0.29, 0.717) is 10.0 Å². The second kappa shape index (κ2) is 5.82. The number of benzene rings is 1. The number of hydrogen-bond acceptors (Lipinski definition) is 2. The first-order valence-electron chi connectivity index (χ1n) is 4.45. The molecule has 2 N–H and O–H groups in total. The van der Waals surface area contributed by atoms with E-state index < -0.39 is 0 Å². The fourth-order valence-electron chi connectivity index (χ4n) is 1.11. The van der Waals surface area contributed by atoms with Crippen molar-refractivity contribution in [2.75, 3.05) is 13.2 Å². The summed E-state index contributed by atoms with van der Waals surface area (Å²) in [7, 11) is 0. The van der Waals surface area contributed by atoms with E-state index in [2.05, 4.69) is 21.2 Å². The van der Waals surface area contributed by atoms with Gasteiger partial charge < -0.3 is 10.4 Å². The molecule has 0 aromatic heterocycles. The smallest absolute Gasteiger partial charge is 0.224 e. The number of carbonyl (C=O) groups excluding carboxylic acids is 1. The van der Waals surface area contributed by atoms with Crippen molar-refractivity contribution in [1.82, 2.24) is 5.32 Å². The fraction of sp³-hybridized carbons (Fsp3) is 0.300. The Morgan fingerprint density at radius 3 is 2.93 bits per heavy atom. The van der Waals surface area contributed by atoms with Crippen LogP contribution in [0, 0.1) is 5.82 Å². The molecule has 0 bridgehead atoms. The topological polar surface area (TPSA) is 49.3 Å². The van der Waals surface area contributed by atoms with Gasteiger partial charge in [0.1, 0.15) is 5.82 Å². The first kappa shape index (κ1) is 12.1. The summed E-state index contributed by atoms with van der Waals surface area (Å²) < 4.78 is 13.6. The summed E-state index contributed by atoms with van der Waals surface area (Å²) in [4.78, 5) is 11.3. The van der Waals surface area contributed by atoms with E-state index >= 15 is 0 Å². The Balaban J connectivity index is 2.63. The van der Waals surface area contributed by atoms with Gasteiger partial charge in [0, 0.05) is 11.0 Å². The zero-order valence-corrected chi connectivity index (χ0v) is 9.55. The monoisotopic (exact) mass is 275 g/mol. The highest BCUT2D eigenvalue weighted by Crippen LogP contribution is 2.18. The summed E-state index contributed by atoms with van der Waals surface area (Å²) in [6.45, 7) is 0.113. The Kier molecular flexibility index (Phi) is 4.71. The van der Waals surface area contributed by atoms with Crippen molar-refractivity contribution in [3.8, 4) is 0 Å². The van der Waals surface area contributed by atoms with Gasteiger partial charge in [0.15, 0.2) is 0 Å². The van der Waals surface area contributed by atoms with E-state index in [9.17, 15) is 9.18 Å². The van der Waals surface area contributed by atoms with Crippen molar-refractivity contribution in [3.63, 3.8) is 0 Å². The van der Waals surface area contributed by atoms with Crippen LogP contribution >= 0.6 is 15.9 Å². The molecule has 0 saturated heterocycles. The maximum atomic E-state index is 12.9. The quantitative estimate of drug-likeness (QED) is 0.869. The van der Waals surface area contributed by atoms with Crippen LogP contribution in [0.5, 0.6) is 0 Å². The molecule has 0 fully saturated rings. The van der Waals surface area contributed by atoms with E-state index in [4.69, 9.17) is 5.11 Å². The lowest BCUT2D eigenvalue weighted by Crippen LogP contribution is -2.27. The molecule has 1 rings (SSSR count). The van der Waals surface area contributed by atoms with Gasteiger partial charge >= 0.3 is 0 Å². The number of hydrogen-bond donors (Lipinski definition) is 2. The Morgan fingerprint density at radius 1 is 1.53 bits per heavy atom. The summed E-state index contributed by atoms with van der Waals surface area (Å²) in [5.41, 5.74) is 0.588. The van der Waals surface area contributed by atoms with E-state index in [1.807, 2.05) is 0 Å². The SMILES string of the molecule is O=C(Cc1cc(F)ccc1Br)NCCO. The molecule has 0 unspecified atom stereocenters. The van der Waals surface area contributed by atoms with Crippen LogP contribution in [-0.2, 0) is 11.2 Å². The molecule has 15 heavy (non-hydrogen) atoms. The number of amides is 1. The number of halogens is 2. The predicted molar refractivity (Wildman–Crippen MR) is 57.9 cm³/mol. The molecule has 0 atom stereocenters. The van der Waals surface area contributed by atoms with Gasteiger partial charge in [-0.1, -0.05) is 15.9 Å². The minimum Gasteiger partial charge on any atom is -0.395 e. The van der Waals surface area contributed by atoms with Crippen molar-refractivity contribution in [2.24, 2.45) is 0 Å². The maximum absolute atomic E-state index is 12.9. The lowest BCUT2D eigenvalue weighted by molar-refractivity contribution is -0.120. The molecule has 1 aromatic carbocycles. The molecule has 0 aliphatic carbocycles. The van der Waals surface area contributed by atoms with Crippen LogP contribution in [0.25, 0.3) is 0 Å². The van der Waals surface area contributed by atoms with E-state index in [1.54, 1.807) is 6.07 Å². The minimum absolute atomic E-state index is 0.0956. The van der Waals surface area contributed by atoms with Gasteiger partial charge in [0.2, 0.25) is 5.91 Å². The average Bonchev–Trinajstić information content (AvgIpc) is 2.20. The highest BCUT2D eigenvalue weighted by Gasteiger charge is 2.07. The lowest BCUT2D eigenvalue weighted by atomic mass is 10.1. The third-order valence-corrected chi connectivity index (χ3v) is 2.57. The van der Waals surface area contributed by atoms with Crippen molar-refractivity contribution in [2.45, 2.75) is 6.42 Å². The number of rotatable bonds is 4. The molecule has 3 nitrogen and oxygen atoms in total. The summed E-state index contributed by atoms with van der Waals surface area (Å²) in [6.07, 6.45) is 0.0956. The van der Waals surface area contributed by atoms with E-state index in [-0.39, 0.29) is 31.3 Å². The molecule has 0 heterocycles. The predicted octanol–water partition coefficient (Wildman–Crippen LogP) is 1.24. The van der Waals surface area contributed by atoms with Crippen LogP contribution in [0.4, 0.5) is 4.39 Å². The lowest BCUT2D eigenvalue weighted by Gasteiger charge is -2.05. The Labute approximate surface area is 95.4 Å². The number of carbonyl (C=O) groups is 1. The molecule has 0 saturated carbocycles. The molecule has 5 heteroatoms. The Morgan fingerprint density at radius 2 is 2.27 bits per heavy atom. The number of nitrogens with one attached hydrogen (secondary N) is 1. The van der Waals surface area contributed by atoms with Crippen LogP contribution in [0.1, 0.15) is 5.56 Å². The molecule has 0 radical (unpaired) electrons. The molecule has 0 aliphatic rings. The Bertz CT molecular complexity index is 357. The first-order chi connectivity index (χ1) is 7.13. The molecule has 1 aromatic rings. The molecular formula is C10H11BrFNO2. The zero-order valence-electron chi connectivity index (χ0n) is 7.96. The summed E-state index contributed by atoms with van der Waals surface area (Å²) in [5, 5.41) is 11.0. The van der Waals surface area contributed by atoms with Crippen LogP contribution in [-0.4, -0.2) is 24.2 Å². The molecule has 0 aliphatic heterocycles. The summed E-state index contributed by atoms with van der Waals surface area (Å²) in [6, 6.07) is 4.19. The Hall–Kier alpha value is -0.940. The van der Waals surface area contributed by atoms with Gasteiger partial charge in [-0.15, -0.1) is 0 Å². The molecule has 1 amide bonds. The van der Waals surface area contributed by atoms with Gasteiger partial charge in [-0.3, -0.25) is 4.79 Å². The van der Waals surface area contributed by atoms with Crippen LogP contribution < -0.4 is 5.32 Å². The van der Waals surface area contributed by atoms with Crippen molar-refractivity contribution in [1.29, 1.82) is 0 Å². The number of aliphatic hydroxyl groups excluding tert-OH is 1. The van der Waals surface area contributed by atoms with Crippen molar-refractivity contribution in [3.05, 3.63) is 34.1 Å². The van der Waals surface area contributed by atoms with Crippen LogP contribution in [0.15, 0.2) is 22.7 Å². The summed E-state index contributed by atoms with van der Waals surface area (Å²) in [5.74, 6) is -0.612. The van der Waals surface area contributed by atoms with E-state index in [0.717, 1.165) is 0 Å².